The van der Waals surface area contributed by atoms with Crippen LogP contribution in [-0.4, -0.2) is 15.5 Å². The molecule has 2 aromatic carbocycles. The number of hydrogen-bond acceptors (Lipinski definition) is 4. The summed E-state index contributed by atoms with van der Waals surface area (Å²) in [7, 11) is 0. The van der Waals surface area contributed by atoms with E-state index in [1.807, 2.05) is 18.2 Å². The predicted octanol–water partition coefficient (Wildman–Crippen LogP) is 2.28. The number of rotatable bonds is 4. The molecule has 1 heterocycles. The highest BCUT2D eigenvalue weighted by molar-refractivity contribution is 5.85. The molecule has 29 heavy (non-hydrogen) atoms. The first kappa shape index (κ1) is 20.7. The molecule has 0 bridgehead atoms. The first-order valence-electron chi connectivity index (χ1n) is 9.42. The van der Waals surface area contributed by atoms with E-state index < -0.39 is 11.2 Å². The van der Waals surface area contributed by atoms with E-state index in [1.54, 1.807) is 24.3 Å². The van der Waals surface area contributed by atoms with Crippen LogP contribution in [0.15, 0.2) is 52.1 Å². The van der Waals surface area contributed by atoms with Gasteiger partial charge in [-0.3, -0.25) is 19.1 Å². The lowest BCUT2D eigenvalue weighted by atomic mass is 9.87. The minimum absolute atomic E-state index is 0. The highest BCUT2D eigenvalue weighted by Crippen LogP contribution is 2.31. The number of hydrogen-bond donors (Lipinski definition) is 3. The fraction of sp³-hybridized carbons (Fsp3) is 0.286. The Morgan fingerprint density at radius 2 is 2.00 bits per heavy atom. The van der Waals surface area contributed by atoms with Gasteiger partial charge in [0.25, 0.3) is 5.56 Å². The van der Waals surface area contributed by atoms with Crippen LogP contribution in [0.3, 0.4) is 0 Å². The molecule has 1 atom stereocenters. The van der Waals surface area contributed by atoms with Gasteiger partial charge in [0.2, 0.25) is 5.91 Å². The Labute approximate surface area is 173 Å². The van der Waals surface area contributed by atoms with E-state index in [0.717, 1.165) is 30.5 Å². The summed E-state index contributed by atoms with van der Waals surface area (Å²) in [5, 5.41) is 3.51. The Morgan fingerprint density at radius 1 is 1.21 bits per heavy atom. The Hall–Kier alpha value is -3.06. The summed E-state index contributed by atoms with van der Waals surface area (Å²) in [6.07, 6.45) is 2.98. The quantitative estimate of drug-likeness (QED) is 0.569. The van der Waals surface area contributed by atoms with E-state index in [9.17, 15) is 14.4 Å². The van der Waals surface area contributed by atoms with E-state index >= 15 is 0 Å². The molecule has 4 N–H and O–H groups in total. The van der Waals surface area contributed by atoms with E-state index in [-0.39, 0.29) is 37.3 Å². The molecular weight excluding hydrogens is 392 g/mol. The number of aromatic nitrogens is 2. The number of fused-ring (bicyclic) bond motifs is 2. The normalized spacial score (nSPS) is 15.4. The number of halogens is 1. The number of nitrogens with zero attached hydrogens (tertiary/aromatic N) is 1. The molecule has 0 saturated heterocycles. The molecule has 0 aliphatic heterocycles. The van der Waals surface area contributed by atoms with Crippen molar-refractivity contribution in [2.75, 3.05) is 5.73 Å². The van der Waals surface area contributed by atoms with Crippen molar-refractivity contribution in [2.45, 2.75) is 38.3 Å². The molecule has 7 nitrogen and oxygen atoms in total. The summed E-state index contributed by atoms with van der Waals surface area (Å²) >= 11 is 0. The molecular formula is C21H23ClN4O3. The number of benzene rings is 2. The summed E-state index contributed by atoms with van der Waals surface area (Å²) in [4.78, 5) is 39.0. The number of nitrogen functional groups attached to an aromatic ring is 1. The van der Waals surface area contributed by atoms with Gasteiger partial charge in [0, 0.05) is 18.7 Å². The molecule has 8 heteroatoms. The fourth-order valence-electron chi connectivity index (χ4n) is 3.93. The van der Waals surface area contributed by atoms with Crippen molar-refractivity contribution in [1.29, 1.82) is 0 Å². The zero-order valence-corrected chi connectivity index (χ0v) is 16.6. The van der Waals surface area contributed by atoms with Crippen LogP contribution in [0.1, 0.15) is 36.4 Å². The number of carbonyl (C=O) groups excluding carboxylic acids is 1. The molecule has 1 aromatic heterocycles. The lowest BCUT2D eigenvalue weighted by molar-refractivity contribution is -0.122. The molecule has 4 rings (SSSR count). The average molecular weight is 415 g/mol. The average Bonchev–Trinajstić information content (AvgIpc) is 2.68. The SMILES string of the molecule is Cl.Nc1ccc2c(c1)CCCC2NC(=O)CCn1c(=O)[nH]c(=O)c2ccccc21. The van der Waals surface area contributed by atoms with Crippen molar-refractivity contribution in [1.82, 2.24) is 14.9 Å². The second-order valence-electron chi connectivity index (χ2n) is 7.15. The standard InChI is InChI=1S/C21H22N4O3.ClH/c22-14-8-9-15-13(12-14)4-3-6-17(15)23-19(26)10-11-25-18-7-2-1-5-16(18)20(27)24-21(25)28;/h1-2,5,7-9,12,17H,3-4,6,10-11,22H2,(H,23,26)(H,24,27,28);1H. The van der Waals surface area contributed by atoms with Crippen molar-refractivity contribution in [3.8, 4) is 0 Å². The minimum Gasteiger partial charge on any atom is -0.399 e. The van der Waals surface area contributed by atoms with Gasteiger partial charge in [0.05, 0.1) is 16.9 Å². The van der Waals surface area contributed by atoms with Crippen molar-refractivity contribution >= 4 is 34.9 Å². The predicted molar refractivity (Wildman–Crippen MR) is 115 cm³/mol. The van der Waals surface area contributed by atoms with Gasteiger partial charge >= 0.3 is 5.69 Å². The number of aromatic amines is 1. The minimum atomic E-state index is -0.505. The number of para-hydroxylation sites is 1. The maximum absolute atomic E-state index is 12.6. The van der Waals surface area contributed by atoms with Crippen LogP contribution in [0.2, 0.25) is 0 Å². The van der Waals surface area contributed by atoms with Crippen LogP contribution in [-0.2, 0) is 17.8 Å². The highest BCUT2D eigenvalue weighted by atomic mass is 35.5. The van der Waals surface area contributed by atoms with Crippen molar-refractivity contribution < 1.29 is 4.79 Å². The summed E-state index contributed by atoms with van der Waals surface area (Å²) in [6.45, 7) is 0.198. The molecule has 1 aliphatic rings. The van der Waals surface area contributed by atoms with Crippen LogP contribution in [0.25, 0.3) is 10.9 Å². The number of nitrogens with one attached hydrogen (secondary N) is 2. The second kappa shape index (κ2) is 8.53. The molecule has 3 aromatic rings. The zero-order chi connectivity index (χ0) is 19.7. The molecule has 0 spiro atoms. The second-order valence-corrected chi connectivity index (χ2v) is 7.15. The van der Waals surface area contributed by atoms with Gasteiger partial charge < -0.3 is 11.1 Å². The first-order valence-corrected chi connectivity index (χ1v) is 9.42. The van der Waals surface area contributed by atoms with Crippen molar-refractivity contribution in [3.63, 3.8) is 0 Å². The van der Waals surface area contributed by atoms with E-state index in [1.165, 1.54) is 10.1 Å². The lowest BCUT2D eigenvalue weighted by Crippen LogP contribution is -2.34. The van der Waals surface area contributed by atoms with Crippen LogP contribution >= 0.6 is 12.4 Å². The third-order valence-electron chi connectivity index (χ3n) is 5.28. The number of H-pyrrole nitrogens is 1. The molecule has 1 aliphatic carbocycles. The van der Waals surface area contributed by atoms with E-state index in [0.29, 0.717) is 10.9 Å². The topological polar surface area (TPSA) is 110 Å². The highest BCUT2D eigenvalue weighted by Gasteiger charge is 2.22. The van der Waals surface area contributed by atoms with Gasteiger partial charge in [-0.15, -0.1) is 12.4 Å². The summed E-state index contributed by atoms with van der Waals surface area (Å²) < 4.78 is 1.44. The monoisotopic (exact) mass is 414 g/mol. The number of carbonyl (C=O) groups is 1. The molecule has 152 valence electrons. The van der Waals surface area contributed by atoms with Gasteiger partial charge in [0.1, 0.15) is 0 Å². The smallest absolute Gasteiger partial charge is 0.328 e. The summed E-state index contributed by atoms with van der Waals surface area (Å²) in [6, 6.07) is 12.7. The lowest BCUT2D eigenvalue weighted by Gasteiger charge is -2.26. The molecule has 0 saturated carbocycles. The number of amides is 1. The Morgan fingerprint density at radius 3 is 2.83 bits per heavy atom. The molecule has 0 fully saturated rings. The van der Waals surface area contributed by atoms with E-state index in [4.69, 9.17) is 5.73 Å². The molecule has 1 unspecified atom stereocenters. The summed E-state index contributed by atoms with van der Waals surface area (Å²) in [5.41, 5.74) is 8.50. The Bertz CT molecular complexity index is 1170. The van der Waals surface area contributed by atoms with Crippen LogP contribution in [0.4, 0.5) is 5.69 Å². The van der Waals surface area contributed by atoms with Gasteiger partial charge in [-0.25, -0.2) is 4.79 Å². The maximum Gasteiger partial charge on any atom is 0.328 e. The number of anilines is 1. The van der Waals surface area contributed by atoms with Crippen molar-refractivity contribution in [2.24, 2.45) is 0 Å². The molecule has 1 amide bonds. The third-order valence-corrected chi connectivity index (χ3v) is 5.28. The Balaban J connectivity index is 0.00000240. The third kappa shape index (κ3) is 4.19. The van der Waals surface area contributed by atoms with Gasteiger partial charge in [0.15, 0.2) is 0 Å². The number of aryl methyl sites for hydroxylation is 2. The van der Waals surface area contributed by atoms with Crippen LogP contribution < -0.4 is 22.3 Å². The van der Waals surface area contributed by atoms with Crippen LogP contribution in [0, 0.1) is 0 Å². The van der Waals surface area contributed by atoms with Crippen molar-refractivity contribution in [3.05, 3.63) is 74.4 Å². The fourth-order valence-corrected chi connectivity index (χ4v) is 3.93. The van der Waals surface area contributed by atoms with Crippen LogP contribution in [0.5, 0.6) is 0 Å². The van der Waals surface area contributed by atoms with Gasteiger partial charge in [-0.1, -0.05) is 18.2 Å². The van der Waals surface area contributed by atoms with Gasteiger partial charge in [-0.05, 0) is 54.7 Å². The van der Waals surface area contributed by atoms with E-state index in [2.05, 4.69) is 10.3 Å². The Kier molecular flexibility index (Phi) is 6.08. The molecule has 0 radical (unpaired) electrons. The zero-order valence-electron chi connectivity index (χ0n) is 15.8. The summed E-state index contributed by atoms with van der Waals surface area (Å²) in [5.74, 6) is -0.128. The first-order chi connectivity index (χ1) is 13.5. The van der Waals surface area contributed by atoms with Gasteiger partial charge in [-0.2, -0.15) is 0 Å². The largest absolute Gasteiger partial charge is 0.399 e. The number of nitrogens with two attached hydrogens (primary N) is 1. The maximum atomic E-state index is 12.6.